The van der Waals surface area contributed by atoms with Crippen LogP contribution in [0.3, 0.4) is 0 Å². The number of amides is 2. The van der Waals surface area contributed by atoms with E-state index in [-0.39, 0.29) is 22.6 Å². The second-order valence-electron chi connectivity index (χ2n) is 8.43. The topological polar surface area (TPSA) is 70.2 Å². The van der Waals surface area contributed by atoms with Crippen LogP contribution in [-0.4, -0.2) is 38.5 Å². The molecule has 0 aromatic rings. The van der Waals surface area contributed by atoms with Gasteiger partial charge in [-0.05, 0) is 50.1 Å². The summed E-state index contributed by atoms with van der Waals surface area (Å²) in [6, 6.07) is 0. The largest absolute Gasteiger partial charge is 0.356 e. The van der Waals surface area contributed by atoms with Crippen LogP contribution in [0.1, 0.15) is 73.1 Å². The van der Waals surface area contributed by atoms with Gasteiger partial charge in [0, 0.05) is 26.4 Å². The van der Waals surface area contributed by atoms with E-state index >= 15 is 0 Å². The minimum absolute atomic E-state index is 0.0179. The number of hydrogen-bond donors (Lipinski definition) is 3. The summed E-state index contributed by atoms with van der Waals surface area (Å²) in [4.78, 5) is 23.0. The standard InChI is InChI=1S/C19H39N3O2/c1-16(23)21-14-18(2,3)11-12-19(4,5)15-22-17(24)10-8-7-9-13-20-6/h20H,7-15H2,1-6H3,(H,21,23)(H,22,24). The van der Waals surface area contributed by atoms with Crippen LogP contribution in [0.4, 0.5) is 0 Å². The van der Waals surface area contributed by atoms with Gasteiger partial charge in [-0.25, -0.2) is 0 Å². The van der Waals surface area contributed by atoms with Gasteiger partial charge in [-0.1, -0.05) is 34.1 Å². The molecule has 0 rings (SSSR count). The first-order chi connectivity index (χ1) is 11.1. The van der Waals surface area contributed by atoms with Gasteiger partial charge in [0.05, 0.1) is 0 Å². The molecular weight excluding hydrogens is 302 g/mol. The smallest absolute Gasteiger partial charge is 0.220 e. The molecule has 0 aliphatic carbocycles. The van der Waals surface area contributed by atoms with Crippen molar-refractivity contribution in [2.45, 2.75) is 73.1 Å². The molecule has 0 atom stereocenters. The van der Waals surface area contributed by atoms with Crippen molar-refractivity contribution in [3.8, 4) is 0 Å². The second-order valence-corrected chi connectivity index (χ2v) is 8.43. The Kier molecular flexibility index (Phi) is 10.9. The quantitative estimate of drug-likeness (QED) is 0.451. The summed E-state index contributed by atoms with van der Waals surface area (Å²) in [5, 5.41) is 9.09. The molecule has 5 nitrogen and oxygen atoms in total. The molecule has 2 amide bonds. The molecule has 0 spiro atoms. The van der Waals surface area contributed by atoms with Crippen LogP contribution >= 0.6 is 0 Å². The van der Waals surface area contributed by atoms with Gasteiger partial charge in [-0.2, -0.15) is 0 Å². The lowest BCUT2D eigenvalue weighted by atomic mass is 9.79. The van der Waals surface area contributed by atoms with Crippen LogP contribution in [0, 0.1) is 10.8 Å². The molecule has 0 bridgehead atoms. The van der Waals surface area contributed by atoms with Gasteiger partial charge in [-0.3, -0.25) is 9.59 Å². The zero-order valence-corrected chi connectivity index (χ0v) is 16.7. The van der Waals surface area contributed by atoms with E-state index in [2.05, 4.69) is 43.6 Å². The number of unbranched alkanes of at least 4 members (excludes halogenated alkanes) is 2. The third kappa shape index (κ3) is 13.3. The van der Waals surface area contributed by atoms with Gasteiger partial charge >= 0.3 is 0 Å². The first-order valence-electron chi connectivity index (χ1n) is 9.24. The predicted molar refractivity (Wildman–Crippen MR) is 101 cm³/mol. The minimum atomic E-state index is 0.0179. The fourth-order valence-corrected chi connectivity index (χ4v) is 2.41. The maximum absolute atomic E-state index is 11.9. The van der Waals surface area contributed by atoms with Gasteiger partial charge in [0.15, 0.2) is 0 Å². The van der Waals surface area contributed by atoms with Crippen molar-refractivity contribution >= 4 is 11.8 Å². The van der Waals surface area contributed by atoms with Crippen molar-refractivity contribution in [2.24, 2.45) is 10.8 Å². The van der Waals surface area contributed by atoms with Gasteiger partial charge in [0.2, 0.25) is 11.8 Å². The highest BCUT2D eigenvalue weighted by molar-refractivity contribution is 5.75. The van der Waals surface area contributed by atoms with Gasteiger partial charge in [0.1, 0.15) is 0 Å². The molecule has 0 aromatic heterocycles. The molecule has 0 heterocycles. The van der Waals surface area contributed by atoms with E-state index in [1.807, 2.05) is 7.05 Å². The third-order valence-electron chi connectivity index (χ3n) is 4.39. The van der Waals surface area contributed by atoms with E-state index < -0.39 is 0 Å². The van der Waals surface area contributed by atoms with E-state index in [1.54, 1.807) is 6.92 Å². The molecule has 0 unspecified atom stereocenters. The Morgan fingerprint density at radius 3 is 1.88 bits per heavy atom. The first kappa shape index (κ1) is 22.9. The lowest BCUT2D eigenvalue weighted by Gasteiger charge is -2.31. The van der Waals surface area contributed by atoms with Crippen molar-refractivity contribution < 1.29 is 9.59 Å². The Bertz CT molecular complexity index is 379. The van der Waals surface area contributed by atoms with Crippen LogP contribution in [-0.2, 0) is 9.59 Å². The minimum Gasteiger partial charge on any atom is -0.356 e. The molecule has 142 valence electrons. The third-order valence-corrected chi connectivity index (χ3v) is 4.39. The molecule has 0 aromatic carbocycles. The van der Waals surface area contributed by atoms with Crippen LogP contribution in [0.15, 0.2) is 0 Å². The van der Waals surface area contributed by atoms with Crippen LogP contribution in [0.5, 0.6) is 0 Å². The lowest BCUT2D eigenvalue weighted by Crippen LogP contribution is -2.36. The predicted octanol–water partition coefficient (Wildman–Crippen LogP) is 2.85. The van der Waals surface area contributed by atoms with Crippen LogP contribution < -0.4 is 16.0 Å². The fourth-order valence-electron chi connectivity index (χ4n) is 2.41. The number of nitrogens with one attached hydrogen (secondary N) is 3. The maximum atomic E-state index is 11.9. The van der Waals surface area contributed by atoms with E-state index in [9.17, 15) is 9.59 Å². The highest BCUT2D eigenvalue weighted by atomic mass is 16.2. The summed E-state index contributed by atoms with van der Waals surface area (Å²) < 4.78 is 0. The zero-order valence-electron chi connectivity index (χ0n) is 16.7. The number of hydrogen-bond acceptors (Lipinski definition) is 3. The van der Waals surface area contributed by atoms with Crippen molar-refractivity contribution in [3.05, 3.63) is 0 Å². The van der Waals surface area contributed by atoms with E-state index in [1.165, 1.54) is 0 Å². The molecule has 24 heavy (non-hydrogen) atoms. The Morgan fingerprint density at radius 1 is 0.833 bits per heavy atom. The van der Waals surface area contributed by atoms with E-state index in [0.717, 1.165) is 38.6 Å². The fraction of sp³-hybridized carbons (Fsp3) is 0.895. The first-order valence-corrected chi connectivity index (χ1v) is 9.24. The van der Waals surface area contributed by atoms with Gasteiger partial charge in [0.25, 0.3) is 0 Å². The van der Waals surface area contributed by atoms with Crippen molar-refractivity contribution in [1.82, 2.24) is 16.0 Å². The summed E-state index contributed by atoms with van der Waals surface area (Å²) in [7, 11) is 1.95. The monoisotopic (exact) mass is 341 g/mol. The lowest BCUT2D eigenvalue weighted by molar-refractivity contribution is -0.122. The molecule has 3 N–H and O–H groups in total. The Balaban J connectivity index is 3.99. The Hall–Kier alpha value is -1.10. The van der Waals surface area contributed by atoms with Crippen molar-refractivity contribution in [3.63, 3.8) is 0 Å². The Labute approximate surface area is 148 Å². The van der Waals surface area contributed by atoms with Crippen molar-refractivity contribution in [2.75, 3.05) is 26.7 Å². The summed E-state index contributed by atoms with van der Waals surface area (Å²) in [5.41, 5.74) is 0.134. The highest BCUT2D eigenvalue weighted by Gasteiger charge is 2.25. The van der Waals surface area contributed by atoms with E-state index in [4.69, 9.17) is 0 Å². The number of rotatable bonds is 13. The normalized spacial score (nSPS) is 12.1. The SMILES string of the molecule is CNCCCCCC(=O)NCC(C)(C)CCC(C)(C)CNC(C)=O. The van der Waals surface area contributed by atoms with Gasteiger partial charge < -0.3 is 16.0 Å². The highest BCUT2D eigenvalue weighted by Crippen LogP contribution is 2.30. The average Bonchev–Trinajstić information content (AvgIpc) is 2.49. The molecule has 5 heteroatoms. The molecule has 0 fully saturated rings. The van der Waals surface area contributed by atoms with Gasteiger partial charge in [-0.15, -0.1) is 0 Å². The summed E-state index contributed by atoms with van der Waals surface area (Å²) >= 11 is 0. The molecule has 0 radical (unpaired) electrons. The summed E-state index contributed by atoms with van der Waals surface area (Å²) in [5.74, 6) is 0.175. The van der Waals surface area contributed by atoms with Crippen LogP contribution in [0.25, 0.3) is 0 Å². The van der Waals surface area contributed by atoms with Crippen LogP contribution in [0.2, 0.25) is 0 Å². The molecule has 0 saturated heterocycles. The summed E-state index contributed by atoms with van der Waals surface area (Å²) in [6.07, 6.45) is 5.82. The van der Waals surface area contributed by atoms with Crippen molar-refractivity contribution in [1.29, 1.82) is 0 Å². The number of carbonyl (C=O) groups is 2. The Morgan fingerprint density at radius 2 is 1.38 bits per heavy atom. The van der Waals surface area contributed by atoms with E-state index in [0.29, 0.717) is 19.5 Å². The second kappa shape index (κ2) is 11.5. The molecular formula is C19H39N3O2. The molecule has 0 saturated carbocycles. The zero-order chi connectivity index (χ0) is 18.6. The number of carbonyl (C=O) groups excluding carboxylic acids is 2. The maximum Gasteiger partial charge on any atom is 0.220 e. The average molecular weight is 342 g/mol. The molecule has 0 aliphatic rings. The molecule has 0 aliphatic heterocycles. The summed E-state index contributed by atoms with van der Waals surface area (Å²) in [6.45, 7) is 12.7.